The molecule has 0 saturated heterocycles. The van der Waals surface area contributed by atoms with E-state index in [1.807, 2.05) is 6.07 Å². The Bertz CT molecular complexity index is 510. The second-order valence-corrected chi connectivity index (χ2v) is 4.76. The molecule has 18 heavy (non-hydrogen) atoms. The van der Waals surface area contributed by atoms with Crippen LogP contribution >= 0.6 is 11.3 Å². The lowest BCUT2D eigenvalue weighted by Crippen LogP contribution is -2.12. The first-order valence-corrected chi connectivity index (χ1v) is 5.97. The molecule has 96 valence electrons. The first kappa shape index (κ1) is 13.0. The van der Waals surface area contributed by atoms with E-state index in [0.29, 0.717) is 22.6 Å². The van der Waals surface area contributed by atoms with Crippen molar-refractivity contribution in [1.29, 1.82) is 0 Å². The van der Waals surface area contributed by atoms with Crippen LogP contribution in [-0.4, -0.2) is 9.97 Å². The number of aromatic nitrogens is 2. The predicted molar refractivity (Wildman–Crippen MR) is 62.0 cm³/mol. The van der Waals surface area contributed by atoms with Gasteiger partial charge in [0, 0.05) is 35.4 Å². The van der Waals surface area contributed by atoms with Crippen molar-refractivity contribution in [3.8, 4) is 0 Å². The maximum atomic E-state index is 12.4. The molecule has 2 aromatic rings. The first-order valence-electron chi connectivity index (χ1n) is 5.15. The van der Waals surface area contributed by atoms with Crippen molar-refractivity contribution in [2.75, 3.05) is 0 Å². The maximum Gasteiger partial charge on any atom is 0.443 e. The summed E-state index contributed by atoms with van der Waals surface area (Å²) in [6, 6.07) is 4.84. The quantitative estimate of drug-likeness (QED) is 0.935. The van der Waals surface area contributed by atoms with Gasteiger partial charge >= 0.3 is 6.18 Å². The van der Waals surface area contributed by atoms with Crippen molar-refractivity contribution in [1.82, 2.24) is 9.97 Å². The zero-order chi connectivity index (χ0) is 13.2. The highest BCUT2D eigenvalue weighted by Gasteiger charge is 2.35. The van der Waals surface area contributed by atoms with E-state index >= 15 is 0 Å². The van der Waals surface area contributed by atoms with E-state index in [0.717, 1.165) is 5.69 Å². The lowest BCUT2D eigenvalue weighted by atomic mass is 10.1. The Balaban J connectivity index is 2.10. The molecule has 7 heteroatoms. The fourth-order valence-electron chi connectivity index (χ4n) is 1.43. The van der Waals surface area contributed by atoms with E-state index in [2.05, 4.69) is 9.97 Å². The summed E-state index contributed by atoms with van der Waals surface area (Å²) in [5.74, 6) is 0. The number of pyridine rings is 1. The molecule has 0 aliphatic rings. The number of halogens is 3. The van der Waals surface area contributed by atoms with Gasteiger partial charge in [-0.3, -0.25) is 4.98 Å². The summed E-state index contributed by atoms with van der Waals surface area (Å²) in [6.45, 7) is 0. The van der Waals surface area contributed by atoms with Crippen LogP contribution < -0.4 is 5.73 Å². The number of nitrogens with zero attached hydrogens (tertiary/aromatic N) is 2. The maximum absolute atomic E-state index is 12.4. The highest BCUT2D eigenvalue weighted by atomic mass is 32.1. The van der Waals surface area contributed by atoms with E-state index in [1.54, 1.807) is 18.3 Å². The van der Waals surface area contributed by atoms with Crippen LogP contribution in [0.15, 0.2) is 30.6 Å². The van der Waals surface area contributed by atoms with Crippen molar-refractivity contribution < 1.29 is 13.2 Å². The van der Waals surface area contributed by atoms with Gasteiger partial charge in [0.2, 0.25) is 0 Å². The number of nitrogens with two attached hydrogens (primary N) is 1. The Morgan fingerprint density at radius 2 is 2.06 bits per heavy atom. The Morgan fingerprint density at radius 1 is 1.28 bits per heavy atom. The third kappa shape index (κ3) is 3.05. The van der Waals surface area contributed by atoms with Gasteiger partial charge < -0.3 is 5.73 Å². The van der Waals surface area contributed by atoms with Gasteiger partial charge in [0.1, 0.15) is 0 Å². The molecule has 0 amide bonds. The molecule has 0 fully saturated rings. The average Bonchev–Trinajstić information content (AvgIpc) is 2.79. The molecule has 2 rings (SSSR count). The monoisotopic (exact) mass is 273 g/mol. The average molecular weight is 273 g/mol. The van der Waals surface area contributed by atoms with Crippen molar-refractivity contribution in [2.24, 2.45) is 5.73 Å². The molecule has 1 unspecified atom stereocenters. The summed E-state index contributed by atoms with van der Waals surface area (Å²) in [5.41, 5.74) is 6.59. The van der Waals surface area contributed by atoms with Crippen molar-refractivity contribution >= 4 is 11.3 Å². The number of alkyl halides is 3. The van der Waals surface area contributed by atoms with Gasteiger partial charge in [-0.25, -0.2) is 4.98 Å². The fraction of sp³-hybridized carbons (Fsp3) is 0.273. The summed E-state index contributed by atoms with van der Waals surface area (Å²) in [5, 5.41) is -0.867. The van der Waals surface area contributed by atoms with Crippen LogP contribution in [0.25, 0.3) is 0 Å². The molecule has 1 atom stereocenters. The Labute approximate surface area is 105 Å². The van der Waals surface area contributed by atoms with Gasteiger partial charge in [-0.05, 0) is 12.1 Å². The summed E-state index contributed by atoms with van der Waals surface area (Å²) in [6.07, 6.45) is -1.22. The number of thiazole rings is 1. The molecular formula is C11H10F3N3S. The number of hydrogen-bond acceptors (Lipinski definition) is 4. The first-order chi connectivity index (χ1) is 8.47. The minimum absolute atomic E-state index is 0.389. The third-order valence-electron chi connectivity index (χ3n) is 2.29. The SMILES string of the molecule is NC(Cc1ccccn1)c1cnc(C(F)(F)F)s1. The van der Waals surface area contributed by atoms with Crippen LogP contribution in [0, 0.1) is 0 Å². The van der Waals surface area contributed by atoms with Gasteiger partial charge in [-0.15, -0.1) is 11.3 Å². The second-order valence-electron chi connectivity index (χ2n) is 3.70. The molecule has 0 aromatic carbocycles. The van der Waals surface area contributed by atoms with E-state index in [-0.39, 0.29) is 0 Å². The molecule has 0 spiro atoms. The largest absolute Gasteiger partial charge is 0.443 e. The smallest absolute Gasteiger partial charge is 0.323 e. The topological polar surface area (TPSA) is 51.8 Å². The van der Waals surface area contributed by atoms with Crippen LogP contribution in [0.1, 0.15) is 21.6 Å². The van der Waals surface area contributed by atoms with Crippen molar-refractivity contribution in [2.45, 2.75) is 18.6 Å². The molecule has 0 aliphatic carbocycles. The highest BCUT2D eigenvalue weighted by molar-refractivity contribution is 7.11. The van der Waals surface area contributed by atoms with E-state index < -0.39 is 17.2 Å². The van der Waals surface area contributed by atoms with Crippen molar-refractivity contribution in [3.63, 3.8) is 0 Å². The Kier molecular flexibility index (Phi) is 3.63. The minimum atomic E-state index is -4.41. The fourth-order valence-corrected chi connectivity index (χ4v) is 2.22. The van der Waals surface area contributed by atoms with Crippen LogP contribution in [0.4, 0.5) is 13.2 Å². The van der Waals surface area contributed by atoms with Crippen LogP contribution in [0.2, 0.25) is 0 Å². The Morgan fingerprint density at radius 3 is 2.61 bits per heavy atom. The third-order valence-corrected chi connectivity index (χ3v) is 3.46. The number of rotatable bonds is 3. The second kappa shape index (κ2) is 5.03. The van der Waals surface area contributed by atoms with E-state index in [4.69, 9.17) is 5.73 Å². The highest BCUT2D eigenvalue weighted by Crippen LogP contribution is 2.34. The lowest BCUT2D eigenvalue weighted by Gasteiger charge is -2.07. The molecule has 0 saturated carbocycles. The lowest BCUT2D eigenvalue weighted by molar-refractivity contribution is -0.137. The zero-order valence-corrected chi connectivity index (χ0v) is 10.0. The summed E-state index contributed by atoms with van der Waals surface area (Å²) < 4.78 is 37.2. The predicted octanol–water partition coefficient (Wildman–Crippen LogP) is 2.80. The molecule has 0 radical (unpaired) electrons. The van der Waals surface area contributed by atoms with Gasteiger partial charge in [0.05, 0.1) is 0 Å². The van der Waals surface area contributed by atoms with Gasteiger partial charge in [-0.1, -0.05) is 6.07 Å². The van der Waals surface area contributed by atoms with Crippen LogP contribution in [0.3, 0.4) is 0 Å². The van der Waals surface area contributed by atoms with Crippen LogP contribution in [-0.2, 0) is 12.6 Å². The normalized spacial score (nSPS) is 13.6. The van der Waals surface area contributed by atoms with Gasteiger partial charge in [0.15, 0.2) is 5.01 Å². The van der Waals surface area contributed by atoms with E-state index in [1.165, 1.54) is 6.20 Å². The van der Waals surface area contributed by atoms with Crippen LogP contribution in [0.5, 0.6) is 0 Å². The molecule has 0 aliphatic heterocycles. The zero-order valence-electron chi connectivity index (χ0n) is 9.19. The summed E-state index contributed by atoms with van der Waals surface area (Å²) in [7, 11) is 0. The van der Waals surface area contributed by atoms with Crippen molar-refractivity contribution in [3.05, 3.63) is 46.2 Å². The molecule has 2 heterocycles. The molecule has 3 nitrogen and oxygen atoms in total. The van der Waals surface area contributed by atoms with Gasteiger partial charge in [0.25, 0.3) is 0 Å². The molecule has 0 bridgehead atoms. The number of hydrogen-bond donors (Lipinski definition) is 1. The molecule has 2 aromatic heterocycles. The summed E-state index contributed by atoms with van der Waals surface area (Å²) >= 11 is 0.578. The summed E-state index contributed by atoms with van der Waals surface area (Å²) in [4.78, 5) is 7.84. The minimum Gasteiger partial charge on any atom is -0.323 e. The Hall–Kier alpha value is -1.47. The van der Waals surface area contributed by atoms with Gasteiger partial charge in [-0.2, -0.15) is 13.2 Å². The van der Waals surface area contributed by atoms with E-state index in [9.17, 15) is 13.2 Å². The molecule has 2 N–H and O–H groups in total. The molecular weight excluding hydrogens is 263 g/mol. The standard InChI is InChI=1S/C11H10F3N3S/c12-11(13,14)10-17-6-9(18-10)8(15)5-7-3-1-2-4-16-7/h1-4,6,8H,5,15H2.